The van der Waals surface area contributed by atoms with E-state index in [1.54, 1.807) is 12.1 Å². The molecular weight excluding hydrogens is 325 g/mol. The molecule has 1 nitrogen and oxygen atoms in total. The standard InChI is InChI=1S/C21H25F3O/c1-2-15-3-5-16(6-4-15)17-7-9-18(10-8-17)19-11-13-20(14-12-19)25-21(22,23)24/h2,9,11-17H,1,3-8,10H2. The molecule has 0 bridgehead atoms. The van der Waals surface area contributed by atoms with E-state index in [4.69, 9.17) is 0 Å². The highest BCUT2D eigenvalue weighted by Crippen LogP contribution is 2.41. The zero-order valence-corrected chi connectivity index (χ0v) is 14.4. The minimum atomic E-state index is -4.64. The normalized spacial score (nSPS) is 27.5. The Morgan fingerprint density at radius 1 is 0.960 bits per heavy atom. The molecule has 1 saturated carbocycles. The average Bonchev–Trinajstić information content (AvgIpc) is 2.61. The van der Waals surface area contributed by atoms with Crippen LogP contribution in [0.3, 0.4) is 0 Å². The second kappa shape index (κ2) is 7.67. The first-order valence-electron chi connectivity index (χ1n) is 9.12. The molecule has 1 aromatic rings. The van der Waals surface area contributed by atoms with Gasteiger partial charge in [0.05, 0.1) is 0 Å². The molecule has 1 unspecified atom stereocenters. The van der Waals surface area contributed by atoms with Gasteiger partial charge >= 0.3 is 6.36 Å². The van der Waals surface area contributed by atoms with Crippen LogP contribution in [0, 0.1) is 17.8 Å². The molecule has 4 heteroatoms. The van der Waals surface area contributed by atoms with E-state index in [1.165, 1.54) is 49.8 Å². The highest BCUT2D eigenvalue weighted by Gasteiger charge is 2.31. The van der Waals surface area contributed by atoms with Crippen LogP contribution in [0.2, 0.25) is 0 Å². The van der Waals surface area contributed by atoms with Crippen molar-refractivity contribution in [2.75, 3.05) is 0 Å². The summed E-state index contributed by atoms with van der Waals surface area (Å²) in [6.45, 7) is 3.91. The first kappa shape index (κ1) is 18.1. The van der Waals surface area contributed by atoms with Crippen molar-refractivity contribution in [2.45, 2.75) is 51.3 Å². The van der Waals surface area contributed by atoms with Crippen molar-refractivity contribution in [1.29, 1.82) is 0 Å². The second-order valence-electron chi connectivity index (χ2n) is 7.25. The van der Waals surface area contributed by atoms with Crippen molar-refractivity contribution in [3.63, 3.8) is 0 Å². The fourth-order valence-electron chi connectivity index (χ4n) is 4.27. The lowest BCUT2D eigenvalue weighted by Crippen LogP contribution is -2.22. The Bertz CT molecular complexity index is 607. The largest absolute Gasteiger partial charge is 0.573 e. The molecule has 1 aromatic carbocycles. The molecule has 0 radical (unpaired) electrons. The number of alkyl halides is 3. The topological polar surface area (TPSA) is 9.23 Å². The second-order valence-corrected chi connectivity index (χ2v) is 7.25. The van der Waals surface area contributed by atoms with Gasteiger partial charge in [-0.2, -0.15) is 0 Å². The molecule has 2 aliphatic carbocycles. The van der Waals surface area contributed by atoms with E-state index in [2.05, 4.69) is 23.5 Å². The highest BCUT2D eigenvalue weighted by molar-refractivity contribution is 5.66. The first-order valence-corrected chi connectivity index (χ1v) is 9.12. The van der Waals surface area contributed by atoms with Gasteiger partial charge in [0.2, 0.25) is 0 Å². The van der Waals surface area contributed by atoms with Gasteiger partial charge in [0.25, 0.3) is 0 Å². The van der Waals surface area contributed by atoms with Crippen LogP contribution in [0.1, 0.15) is 50.5 Å². The predicted octanol–water partition coefficient (Wildman–Crippen LogP) is 6.76. The third-order valence-corrected chi connectivity index (χ3v) is 5.73. The smallest absolute Gasteiger partial charge is 0.406 e. The van der Waals surface area contributed by atoms with Crippen LogP contribution in [-0.4, -0.2) is 6.36 Å². The van der Waals surface area contributed by atoms with E-state index >= 15 is 0 Å². The Hall–Kier alpha value is -1.71. The van der Waals surface area contributed by atoms with Gasteiger partial charge in [-0.1, -0.05) is 24.3 Å². The van der Waals surface area contributed by atoms with Crippen LogP contribution in [0.15, 0.2) is 43.0 Å². The maximum Gasteiger partial charge on any atom is 0.573 e. The van der Waals surface area contributed by atoms with Crippen LogP contribution in [0.5, 0.6) is 5.75 Å². The molecule has 136 valence electrons. The average molecular weight is 350 g/mol. The Kier molecular flexibility index (Phi) is 5.55. The number of ether oxygens (including phenoxy) is 1. The van der Waals surface area contributed by atoms with Crippen molar-refractivity contribution in [3.05, 3.63) is 48.6 Å². The number of allylic oxidation sites excluding steroid dienone is 3. The van der Waals surface area contributed by atoms with Gasteiger partial charge in [0, 0.05) is 0 Å². The van der Waals surface area contributed by atoms with Gasteiger partial charge in [-0.15, -0.1) is 19.8 Å². The Morgan fingerprint density at radius 3 is 2.16 bits per heavy atom. The molecular formula is C21H25F3O. The lowest BCUT2D eigenvalue weighted by molar-refractivity contribution is -0.274. The van der Waals surface area contributed by atoms with Crippen molar-refractivity contribution >= 4 is 5.57 Å². The third-order valence-electron chi connectivity index (χ3n) is 5.73. The monoisotopic (exact) mass is 350 g/mol. The molecule has 0 N–H and O–H groups in total. The number of halogens is 3. The SMILES string of the molecule is C=CC1CCC(C2CC=C(c3ccc(OC(F)(F)F)cc3)CC2)CC1. The van der Waals surface area contributed by atoms with Crippen molar-refractivity contribution in [3.8, 4) is 5.75 Å². The number of benzene rings is 1. The van der Waals surface area contributed by atoms with Gasteiger partial charge in [-0.05, 0) is 86.0 Å². The minimum Gasteiger partial charge on any atom is -0.406 e. The zero-order valence-electron chi connectivity index (χ0n) is 14.4. The van der Waals surface area contributed by atoms with Crippen LogP contribution in [-0.2, 0) is 0 Å². The fourth-order valence-corrected chi connectivity index (χ4v) is 4.27. The van der Waals surface area contributed by atoms with Crippen LogP contribution >= 0.6 is 0 Å². The summed E-state index contributed by atoms with van der Waals surface area (Å²) >= 11 is 0. The van der Waals surface area contributed by atoms with E-state index in [0.29, 0.717) is 5.92 Å². The Morgan fingerprint density at radius 2 is 1.64 bits per heavy atom. The van der Waals surface area contributed by atoms with E-state index < -0.39 is 6.36 Å². The van der Waals surface area contributed by atoms with Crippen molar-refractivity contribution in [1.82, 2.24) is 0 Å². The van der Waals surface area contributed by atoms with E-state index in [1.807, 2.05) is 0 Å². The lowest BCUT2D eigenvalue weighted by Gasteiger charge is -2.34. The van der Waals surface area contributed by atoms with Gasteiger partial charge in [-0.3, -0.25) is 0 Å². The molecule has 25 heavy (non-hydrogen) atoms. The lowest BCUT2D eigenvalue weighted by atomic mass is 9.71. The van der Waals surface area contributed by atoms with Gasteiger partial charge in [-0.25, -0.2) is 0 Å². The summed E-state index contributed by atoms with van der Waals surface area (Å²) in [6, 6.07) is 6.24. The fraction of sp³-hybridized carbons (Fsp3) is 0.524. The Labute approximate surface area is 147 Å². The van der Waals surface area contributed by atoms with E-state index in [0.717, 1.165) is 30.2 Å². The molecule has 0 amide bonds. The quantitative estimate of drug-likeness (QED) is 0.545. The molecule has 0 aliphatic heterocycles. The van der Waals surface area contributed by atoms with Gasteiger partial charge < -0.3 is 4.74 Å². The van der Waals surface area contributed by atoms with Crippen molar-refractivity contribution in [2.24, 2.45) is 17.8 Å². The van der Waals surface area contributed by atoms with Crippen LogP contribution in [0.25, 0.3) is 5.57 Å². The molecule has 2 aliphatic rings. The maximum absolute atomic E-state index is 12.2. The van der Waals surface area contributed by atoms with Crippen molar-refractivity contribution < 1.29 is 17.9 Å². The van der Waals surface area contributed by atoms with E-state index in [9.17, 15) is 13.2 Å². The van der Waals surface area contributed by atoms with Gasteiger partial charge in [0.15, 0.2) is 0 Å². The molecule has 0 heterocycles. The number of rotatable bonds is 4. The molecule has 0 saturated heterocycles. The summed E-state index contributed by atoms with van der Waals surface area (Å²) in [4.78, 5) is 0. The van der Waals surface area contributed by atoms with Crippen LogP contribution < -0.4 is 4.74 Å². The molecule has 0 aromatic heterocycles. The minimum absolute atomic E-state index is 0.162. The third kappa shape index (κ3) is 4.90. The Balaban J connectivity index is 1.57. The number of hydrogen-bond acceptors (Lipinski definition) is 1. The molecule has 3 rings (SSSR count). The summed E-state index contributed by atoms with van der Waals surface area (Å²) in [5, 5.41) is 0. The summed E-state index contributed by atoms with van der Waals surface area (Å²) in [5.41, 5.74) is 2.25. The molecule has 1 atom stereocenters. The summed E-state index contributed by atoms with van der Waals surface area (Å²) in [5.74, 6) is 2.10. The van der Waals surface area contributed by atoms with E-state index in [-0.39, 0.29) is 5.75 Å². The zero-order chi connectivity index (χ0) is 17.9. The number of hydrogen-bond donors (Lipinski definition) is 0. The van der Waals surface area contributed by atoms with Gasteiger partial charge in [0.1, 0.15) is 5.75 Å². The summed E-state index contributed by atoms with van der Waals surface area (Å²) < 4.78 is 40.6. The summed E-state index contributed by atoms with van der Waals surface area (Å²) in [6.07, 6.45) is 8.14. The predicted molar refractivity (Wildman–Crippen MR) is 94.1 cm³/mol. The molecule has 1 fully saturated rings. The highest BCUT2D eigenvalue weighted by atomic mass is 19.4. The summed E-state index contributed by atoms with van der Waals surface area (Å²) in [7, 11) is 0. The maximum atomic E-state index is 12.2. The molecule has 0 spiro atoms. The van der Waals surface area contributed by atoms with Crippen LogP contribution in [0.4, 0.5) is 13.2 Å². The first-order chi connectivity index (χ1) is 11.9.